The van der Waals surface area contributed by atoms with Crippen LogP contribution in [0.25, 0.3) is 0 Å². The summed E-state index contributed by atoms with van der Waals surface area (Å²) in [6, 6.07) is 5.81. The van der Waals surface area contributed by atoms with E-state index in [-0.39, 0.29) is 56.3 Å². The Bertz CT molecular complexity index is 616. The molecule has 7 nitrogen and oxygen atoms in total. The van der Waals surface area contributed by atoms with Crippen molar-refractivity contribution < 1.29 is 28.2 Å². The second kappa shape index (κ2) is 8.28. The molecule has 0 atom stereocenters. The summed E-state index contributed by atoms with van der Waals surface area (Å²) in [5.41, 5.74) is 0. The molecule has 0 aliphatic carbocycles. The number of nitrogens with zero attached hydrogens (tertiary/aromatic N) is 1. The van der Waals surface area contributed by atoms with Crippen LogP contribution in [0.15, 0.2) is 24.3 Å². The Labute approximate surface area is 138 Å². The highest BCUT2D eigenvalue weighted by molar-refractivity contribution is 5.87. The fraction of sp³-hybridized carbons (Fsp3) is 0.438. The number of halogens is 1. The molecule has 1 aliphatic heterocycles. The summed E-state index contributed by atoms with van der Waals surface area (Å²) in [7, 11) is 0. The lowest BCUT2D eigenvalue weighted by atomic mass is 9.99. The summed E-state index contributed by atoms with van der Waals surface area (Å²) in [6.45, 7) is 1.94. The SMILES string of the molecule is CCOC(=O)CNC(=O)C1CN(C(=O)COc2ccccc2F)C1. The number of rotatable bonds is 7. The first-order valence-electron chi connectivity index (χ1n) is 7.59. The topological polar surface area (TPSA) is 84.9 Å². The van der Waals surface area contributed by atoms with Crippen molar-refractivity contribution in [3.05, 3.63) is 30.1 Å². The number of likely N-dealkylation sites (tertiary alicyclic amines) is 1. The van der Waals surface area contributed by atoms with Crippen molar-refractivity contribution in [1.29, 1.82) is 0 Å². The van der Waals surface area contributed by atoms with Crippen molar-refractivity contribution in [2.45, 2.75) is 6.92 Å². The monoisotopic (exact) mass is 338 g/mol. The minimum atomic E-state index is -0.537. The second-order valence-corrected chi connectivity index (χ2v) is 5.24. The van der Waals surface area contributed by atoms with Gasteiger partial charge in [-0.25, -0.2) is 4.39 Å². The zero-order valence-electron chi connectivity index (χ0n) is 13.3. The maximum absolute atomic E-state index is 13.4. The molecule has 130 valence electrons. The van der Waals surface area contributed by atoms with Crippen LogP contribution in [0.2, 0.25) is 0 Å². The van der Waals surface area contributed by atoms with Gasteiger partial charge in [-0.2, -0.15) is 0 Å². The van der Waals surface area contributed by atoms with Gasteiger partial charge in [-0.1, -0.05) is 12.1 Å². The molecule has 1 aromatic carbocycles. The summed E-state index contributed by atoms with van der Waals surface area (Å²) in [6.07, 6.45) is 0. The number of esters is 1. The van der Waals surface area contributed by atoms with Gasteiger partial charge in [0.1, 0.15) is 6.54 Å². The molecule has 1 fully saturated rings. The average Bonchev–Trinajstić information content (AvgIpc) is 2.51. The van der Waals surface area contributed by atoms with E-state index in [0.29, 0.717) is 0 Å². The van der Waals surface area contributed by atoms with Crippen LogP contribution in [0.4, 0.5) is 4.39 Å². The van der Waals surface area contributed by atoms with Gasteiger partial charge in [-0.3, -0.25) is 14.4 Å². The molecule has 0 bridgehead atoms. The normalized spacial score (nSPS) is 13.8. The first-order chi connectivity index (χ1) is 11.5. The molecule has 2 rings (SSSR count). The lowest BCUT2D eigenvalue weighted by molar-refractivity contribution is -0.148. The molecule has 1 saturated heterocycles. The molecule has 0 aromatic heterocycles. The fourth-order valence-electron chi connectivity index (χ4n) is 2.16. The number of para-hydroxylation sites is 1. The summed E-state index contributed by atoms with van der Waals surface area (Å²) < 4.78 is 23.2. The van der Waals surface area contributed by atoms with Gasteiger partial charge in [0.05, 0.1) is 12.5 Å². The van der Waals surface area contributed by atoms with Crippen LogP contribution in [0.1, 0.15) is 6.92 Å². The summed E-state index contributed by atoms with van der Waals surface area (Å²) in [4.78, 5) is 36.3. The first kappa shape index (κ1) is 17.7. The van der Waals surface area contributed by atoms with E-state index in [2.05, 4.69) is 5.32 Å². The van der Waals surface area contributed by atoms with Gasteiger partial charge in [0, 0.05) is 13.1 Å². The highest BCUT2D eigenvalue weighted by atomic mass is 19.1. The van der Waals surface area contributed by atoms with E-state index in [4.69, 9.17) is 9.47 Å². The van der Waals surface area contributed by atoms with E-state index >= 15 is 0 Å². The zero-order valence-corrected chi connectivity index (χ0v) is 13.3. The van der Waals surface area contributed by atoms with Crippen molar-refractivity contribution in [2.75, 3.05) is 32.8 Å². The molecular formula is C16H19FN2O5. The predicted molar refractivity (Wildman–Crippen MR) is 81.6 cm³/mol. The van der Waals surface area contributed by atoms with Crippen molar-refractivity contribution in [3.63, 3.8) is 0 Å². The molecule has 1 N–H and O–H groups in total. The molecule has 1 aliphatic rings. The quantitative estimate of drug-likeness (QED) is 0.725. The number of ether oxygens (including phenoxy) is 2. The second-order valence-electron chi connectivity index (χ2n) is 5.24. The number of hydrogen-bond donors (Lipinski definition) is 1. The Balaban J connectivity index is 1.68. The Morgan fingerprint density at radius 1 is 1.29 bits per heavy atom. The molecule has 1 aromatic rings. The molecule has 0 unspecified atom stereocenters. The largest absolute Gasteiger partial charge is 0.481 e. The summed E-state index contributed by atoms with van der Waals surface area (Å²) in [5, 5.41) is 2.46. The Hall–Kier alpha value is -2.64. The number of carbonyl (C=O) groups excluding carboxylic acids is 3. The third-order valence-corrected chi connectivity index (χ3v) is 3.51. The van der Waals surface area contributed by atoms with Gasteiger partial charge in [0.15, 0.2) is 18.2 Å². The average molecular weight is 338 g/mol. The Kier molecular flexibility index (Phi) is 6.11. The van der Waals surface area contributed by atoms with Crippen molar-refractivity contribution in [2.24, 2.45) is 5.92 Å². The van der Waals surface area contributed by atoms with Crippen molar-refractivity contribution >= 4 is 17.8 Å². The molecule has 0 radical (unpaired) electrons. The third-order valence-electron chi connectivity index (χ3n) is 3.51. The lowest BCUT2D eigenvalue weighted by Crippen LogP contribution is -2.57. The standard InChI is InChI=1S/C16H19FN2O5/c1-2-23-15(21)7-18-16(22)11-8-19(9-11)14(20)10-24-13-6-4-3-5-12(13)17/h3-6,11H,2,7-10H2,1H3,(H,18,22). The zero-order chi connectivity index (χ0) is 17.5. The van der Waals surface area contributed by atoms with Crippen LogP contribution >= 0.6 is 0 Å². The number of benzene rings is 1. The van der Waals surface area contributed by atoms with E-state index in [0.717, 1.165) is 0 Å². The maximum atomic E-state index is 13.4. The Morgan fingerprint density at radius 2 is 2.00 bits per heavy atom. The first-order valence-corrected chi connectivity index (χ1v) is 7.59. The molecule has 8 heteroatoms. The Morgan fingerprint density at radius 3 is 2.67 bits per heavy atom. The molecule has 1 heterocycles. The third kappa shape index (κ3) is 4.68. The smallest absolute Gasteiger partial charge is 0.325 e. The van der Waals surface area contributed by atoms with E-state index in [9.17, 15) is 18.8 Å². The van der Waals surface area contributed by atoms with Crippen LogP contribution in [0, 0.1) is 11.7 Å². The van der Waals surface area contributed by atoms with Crippen LogP contribution in [0.5, 0.6) is 5.75 Å². The summed E-state index contributed by atoms with van der Waals surface area (Å²) >= 11 is 0. The van der Waals surface area contributed by atoms with Crippen LogP contribution < -0.4 is 10.1 Å². The minimum absolute atomic E-state index is 0.00935. The fourth-order valence-corrected chi connectivity index (χ4v) is 2.16. The van der Waals surface area contributed by atoms with Gasteiger partial charge < -0.3 is 19.7 Å². The van der Waals surface area contributed by atoms with E-state index in [1.165, 1.54) is 23.1 Å². The van der Waals surface area contributed by atoms with Gasteiger partial charge >= 0.3 is 5.97 Å². The molecular weight excluding hydrogens is 319 g/mol. The molecule has 24 heavy (non-hydrogen) atoms. The van der Waals surface area contributed by atoms with E-state index in [1.54, 1.807) is 13.0 Å². The number of hydrogen-bond acceptors (Lipinski definition) is 5. The molecule has 2 amide bonds. The number of amides is 2. The predicted octanol–water partition coefficient (Wildman–Crippen LogP) is 0.342. The van der Waals surface area contributed by atoms with Gasteiger partial charge in [0.2, 0.25) is 5.91 Å². The van der Waals surface area contributed by atoms with Crippen LogP contribution in [0.3, 0.4) is 0 Å². The minimum Gasteiger partial charge on any atom is -0.481 e. The molecule has 0 saturated carbocycles. The van der Waals surface area contributed by atoms with Crippen molar-refractivity contribution in [1.82, 2.24) is 10.2 Å². The number of carbonyl (C=O) groups is 3. The van der Waals surface area contributed by atoms with E-state index < -0.39 is 11.8 Å². The molecule has 0 spiro atoms. The van der Waals surface area contributed by atoms with Crippen LogP contribution in [-0.4, -0.2) is 55.5 Å². The highest BCUT2D eigenvalue weighted by Gasteiger charge is 2.35. The highest BCUT2D eigenvalue weighted by Crippen LogP contribution is 2.18. The summed E-state index contributed by atoms with van der Waals surface area (Å²) in [5.74, 6) is -2.02. The van der Waals surface area contributed by atoms with Gasteiger partial charge in [-0.15, -0.1) is 0 Å². The number of nitrogens with one attached hydrogen (secondary N) is 1. The lowest BCUT2D eigenvalue weighted by Gasteiger charge is -2.38. The van der Waals surface area contributed by atoms with Crippen LogP contribution in [-0.2, 0) is 19.1 Å². The van der Waals surface area contributed by atoms with E-state index in [1.807, 2.05) is 0 Å². The van der Waals surface area contributed by atoms with Gasteiger partial charge in [-0.05, 0) is 19.1 Å². The maximum Gasteiger partial charge on any atom is 0.325 e. The van der Waals surface area contributed by atoms with Crippen molar-refractivity contribution in [3.8, 4) is 5.75 Å². The van der Waals surface area contributed by atoms with Gasteiger partial charge in [0.25, 0.3) is 5.91 Å².